The number of hydrogen-bond acceptors (Lipinski definition) is 4. The highest BCUT2D eigenvalue weighted by atomic mass is 32.2. The topological polar surface area (TPSA) is 44.8 Å². The van der Waals surface area contributed by atoms with Gasteiger partial charge in [0.15, 0.2) is 0 Å². The molecule has 0 fully saturated rings. The Balaban J connectivity index is 2.08. The quantitative estimate of drug-likeness (QED) is 0.534. The molecule has 2 aromatic carbocycles. The Labute approximate surface area is 145 Å². The van der Waals surface area contributed by atoms with Crippen LogP contribution in [0.25, 0.3) is 11.1 Å². The van der Waals surface area contributed by atoms with Crippen LogP contribution in [0.2, 0.25) is 0 Å². The summed E-state index contributed by atoms with van der Waals surface area (Å²) in [7, 11) is 0. The molecule has 4 nitrogen and oxygen atoms in total. The summed E-state index contributed by atoms with van der Waals surface area (Å²) in [6, 6.07) is 17.6. The van der Waals surface area contributed by atoms with Crippen LogP contribution in [0.5, 0.6) is 5.75 Å². The van der Waals surface area contributed by atoms with E-state index in [0.29, 0.717) is 12.2 Å². The van der Waals surface area contributed by atoms with Gasteiger partial charge < -0.3 is 4.74 Å². The SMILES string of the molecule is CC#CCOS(=O)OC(CC)Oc1ccccc1-c1ccccc1. The first-order valence-corrected chi connectivity index (χ1v) is 8.67. The van der Waals surface area contributed by atoms with Crippen molar-refractivity contribution in [2.45, 2.75) is 26.6 Å². The highest BCUT2D eigenvalue weighted by Gasteiger charge is 2.16. The minimum absolute atomic E-state index is 0.0557. The summed E-state index contributed by atoms with van der Waals surface area (Å²) in [5.74, 6) is 5.99. The Morgan fingerprint density at radius 3 is 2.50 bits per heavy atom. The summed E-state index contributed by atoms with van der Waals surface area (Å²) in [5, 5.41) is 0. The van der Waals surface area contributed by atoms with Gasteiger partial charge in [-0.05, 0) is 18.6 Å². The molecule has 0 saturated heterocycles. The second-order valence-corrected chi connectivity index (χ2v) is 5.64. The molecule has 2 aromatic rings. The Morgan fingerprint density at radius 2 is 1.79 bits per heavy atom. The van der Waals surface area contributed by atoms with Crippen molar-refractivity contribution in [3.63, 3.8) is 0 Å². The number of rotatable bonds is 8. The van der Waals surface area contributed by atoms with Gasteiger partial charge in [-0.25, -0.2) is 4.18 Å². The molecule has 5 heteroatoms. The minimum Gasteiger partial charge on any atom is -0.463 e. The fraction of sp³-hybridized carbons (Fsp3) is 0.263. The van der Waals surface area contributed by atoms with Gasteiger partial charge in [-0.1, -0.05) is 61.4 Å². The van der Waals surface area contributed by atoms with Crippen molar-refractivity contribution >= 4 is 11.4 Å². The van der Waals surface area contributed by atoms with Gasteiger partial charge in [0.1, 0.15) is 12.4 Å². The molecule has 0 saturated carbocycles. The highest BCUT2D eigenvalue weighted by molar-refractivity contribution is 7.75. The van der Waals surface area contributed by atoms with Crippen LogP contribution >= 0.6 is 0 Å². The second-order valence-electron chi connectivity index (χ2n) is 4.81. The van der Waals surface area contributed by atoms with Crippen LogP contribution in [0, 0.1) is 11.8 Å². The van der Waals surface area contributed by atoms with E-state index in [0.717, 1.165) is 11.1 Å². The Hall–Kier alpha value is -2.13. The maximum Gasteiger partial charge on any atom is 0.309 e. The summed E-state index contributed by atoms with van der Waals surface area (Å²) in [4.78, 5) is 0. The van der Waals surface area contributed by atoms with Crippen molar-refractivity contribution in [1.82, 2.24) is 0 Å². The van der Waals surface area contributed by atoms with Crippen molar-refractivity contribution in [3.05, 3.63) is 54.6 Å². The lowest BCUT2D eigenvalue weighted by Crippen LogP contribution is -2.22. The van der Waals surface area contributed by atoms with Crippen LogP contribution in [-0.4, -0.2) is 17.1 Å². The Morgan fingerprint density at radius 1 is 1.08 bits per heavy atom. The van der Waals surface area contributed by atoms with Crippen LogP contribution in [0.15, 0.2) is 54.6 Å². The summed E-state index contributed by atoms with van der Waals surface area (Å²) < 4.78 is 27.9. The van der Waals surface area contributed by atoms with E-state index in [9.17, 15) is 4.21 Å². The molecule has 126 valence electrons. The maximum atomic E-state index is 11.8. The van der Waals surface area contributed by atoms with Crippen LogP contribution in [0.1, 0.15) is 20.3 Å². The van der Waals surface area contributed by atoms with Gasteiger partial charge in [-0.2, -0.15) is 4.21 Å². The minimum atomic E-state index is -1.90. The lowest BCUT2D eigenvalue weighted by molar-refractivity contribution is 0.00533. The van der Waals surface area contributed by atoms with Crippen molar-refractivity contribution in [2.75, 3.05) is 6.61 Å². The predicted molar refractivity (Wildman–Crippen MR) is 95.2 cm³/mol. The molecule has 0 N–H and O–H groups in total. The number of hydrogen-bond donors (Lipinski definition) is 0. The van der Waals surface area contributed by atoms with Gasteiger partial charge in [0.2, 0.25) is 6.29 Å². The molecule has 0 radical (unpaired) electrons. The molecule has 0 amide bonds. The predicted octanol–water partition coefficient (Wildman–Crippen LogP) is 4.10. The summed E-state index contributed by atoms with van der Waals surface area (Å²) >= 11 is -1.90. The number of benzene rings is 2. The molecule has 0 aliphatic heterocycles. The average Bonchev–Trinajstić information content (AvgIpc) is 2.62. The van der Waals surface area contributed by atoms with Crippen LogP contribution in [0.3, 0.4) is 0 Å². The largest absolute Gasteiger partial charge is 0.463 e. The first-order valence-electron chi connectivity index (χ1n) is 7.67. The molecule has 0 heterocycles. The van der Waals surface area contributed by atoms with Gasteiger partial charge in [0.25, 0.3) is 0 Å². The third-order valence-corrected chi connectivity index (χ3v) is 3.84. The van der Waals surface area contributed by atoms with E-state index in [-0.39, 0.29) is 6.61 Å². The molecule has 24 heavy (non-hydrogen) atoms. The van der Waals surface area contributed by atoms with Gasteiger partial charge >= 0.3 is 11.4 Å². The van der Waals surface area contributed by atoms with E-state index in [1.807, 2.05) is 61.5 Å². The first kappa shape index (κ1) is 18.2. The number of para-hydroxylation sites is 1. The van der Waals surface area contributed by atoms with Gasteiger partial charge in [-0.15, -0.1) is 5.92 Å². The van der Waals surface area contributed by atoms with Gasteiger partial charge in [0, 0.05) is 12.0 Å². The smallest absolute Gasteiger partial charge is 0.309 e. The van der Waals surface area contributed by atoms with Gasteiger partial charge in [-0.3, -0.25) is 4.18 Å². The van der Waals surface area contributed by atoms with Crippen molar-refractivity contribution in [2.24, 2.45) is 0 Å². The molecular formula is C19H20O4S. The molecule has 0 bridgehead atoms. The zero-order valence-electron chi connectivity index (χ0n) is 13.7. The molecule has 0 spiro atoms. The van der Waals surface area contributed by atoms with E-state index in [1.165, 1.54) is 0 Å². The zero-order valence-corrected chi connectivity index (χ0v) is 14.5. The van der Waals surface area contributed by atoms with Gasteiger partial charge in [0.05, 0.1) is 0 Å². The average molecular weight is 344 g/mol. The lowest BCUT2D eigenvalue weighted by atomic mass is 10.1. The first-order chi connectivity index (χ1) is 11.7. The standard InChI is InChI=1S/C19H20O4S/c1-3-5-15-21-24(20)23-19(4-2)22-18-14-10-9-13-17(18)16-11-7-6-8-12-16/h6-14,19H,4,15H2,1-2H3. The fourth-order valence-electron chi connectivity index (χ4n) is 2.00. The molecular weight excluding hydrogens is 324 g/mol. The molecule has 2 atom stereocenters. The molecule has 0 aliphatic carbocycles. The van der Waals surface area contributed by atoms with Crippen molar-refractivity contribution in [3.8, 4) is 28.7 Å². The van der Waals surface area contributed by atoms with Crippen LogP contribution < -0.4 is 4.74 Å². The normalized spacial score (nSPS) is 12.8. The van der Waals surface area contributed by atoms with Crippen molar-refractivity contribution < 1.29 is 17.3 Å². The molecule has 0 aliphatic rings. The number of ether oxygens (including phenoxy) is 1. The summed E-state index contributed by atoms with van der Waals surface area (Å²) in [6.45, 7) is 3.63. The third-order valence-electron chi connectivity index (χ3n) is 3.15. The highest BCUT2D eigenvalue weighted by Crippen LogP contribution is 2.30. The van der Waals surface area contributed by atoms with E-state index in [2.05, 4.69) is 11.8 Å². The lowest BCUT2D eigenvalue weighted by Gasteiger charge is -2.18. The second kappa shape index (κ2) is 9.89. The molecule has 2 rings (SSSR count). The fourth-order valence-corrected chi connectivity index (χ4v) is 2.56. The monoisotopic (exact) mass is 344 g/mol. The van der Waals surface area contributed by atoms with Crippen LogP contribution in [0.4, 0.5) is 0 Å². The van der Waals surface area contributed by atoms with E-state index >= 15 is 0 Å². The van der Waals surface area contributed by atoms with Crippen LogP contribution in [-0.2, 0) is 19.7 Å². The molecule has 0 aromatic heterocycles. The Bertz CT molecular complexity index is 719. The van der Waals surface area contributed by atoms with E-state index in [4.69, 9.17) is 13.1 Å². The summed E-state index contributed by atoms with van der Waals surface area (Å²) in [6.07, 6.45) is -0.150. The van der Waals surface area contributed by atoms with Crippen molar-refractivity contribution in [1.29, 1.82) is 0 Å². The summed E-state index contributed by atoms with van der Waals surface area (Å²) in [5.41, 5.74) is 1.99. The Kier molecular flexibility index (Phi) is 7.50. The molecule has 2 unspecified atom stereocenters. The van der Waals surface area contributed by atoms with E-state index < -0.39 is 17.7 Å². The zero-order chi connectivity index (χ0) is 17.2. The third kappa shape index (κ3) is 5.50. The maximum absolute atomic E-state index is 11.8. The van der Waals surface area contributed by atoms with E-state index in [1.54, 1.807) is 6.92 Å².